The molecule has 3 aromatic rings. The zero-order valence-corrected chi connectivity index (χ0v) is 17.5. The van der Waals surface area contributed by atoms with E-state index in [1.807, 2.05) is 23.6 Å². The van der Waals surface area contributed by atoms with E-state index in [9.17, 15) is 13.2 Å². The van der Waals surface area contributed by atoms with Gasteiger partial charge in [0, 0.05) is 28.5 Å². The van der Waals surface area contributed by atoms with E-state index in [0.717, 1.165) is 18.2 Å². The van der Waals surface area contributed by atoms with Crippen molar-refractivity contribution in [3.8, 4) is 11.3 Å². The molecule has 28 heavy (non-hydrogen) atoms. The fourth-order valence-corrected chi connectivity index (χ4v) is 3.91. The molecule has 0 amide bonds. The van der Waals surface area contributed by atoms with Gasteiger partial charge in [0.05, 0.1) is 24.6 Å². The Bertz CT molecular complexity index is 1150. The van der Waals surface area contributed by atoms with Gasteiger partial charge in [-0.3, -0.25) is 13.4 Å². The van der Waals surface area contributed by atoms with Crippen LogP contribution in [0.1, 0.15) is 25.5 Å². The summed E-state index contributed by atoms with van der Waals surface area (Å²) >= 11 is 5.95. The Morgan fingerprint density at radius 1 is 1.25 bits per heavy atom. The number of hydrogen-bond donors (Lipinski definition) is 0. The Kier molecular flexibility index (Phi) is 5.92. The minimum atomic E-state index is -3.60. The first kappa shape index (κ1) is 20.6. The number of imidazole rings is 1. The Morgan fingerprint density at radius 3 is 2.54 bits per heavy atom. The number of nitrogens with zero attached hydrogens (tertiary/aromatic N) is 3. The lowest BCUT2D eigenvalue weighted by atomic mass is 10.2. The molecule has 3 rings (SSSR count). The molecule has 2 aromatic heterocycles. The summed E-state index contributed by atoms with van der Waals surface area (Å²) in [5.74, 6) is 0.438. The molecule has 1 aromatic carbocycles. The lowest BCUT2D eigenvalue weighted by molar-refractivity contribution is 0.178. The van der Waals surface area contributed by atoms with Crippen LogP contribution in [-0.2, 0) is 20.8 Å². The lowest BCUT2D eigenvalue weighted by Crippen LogP contribution is -2.27. The number of aromatic nitrogens is 3. The van der Waals surface area contributed by atoms with Crippen LogP contribution in [0.15, 0.2) is 41.3 Å². The zero-order chi connectivity index (χ0) is 20.5. The van der Waals surface area contributed by atoms with Crippen molar-refractivity contribution < 1.29 is 12.6 Å². The van der Waals surface area contributed by atoms with E-state index in [4.69, 9.17) is 15.8 Å². The number of rotatable bonds is 7. The van der Waals surface area contributed by atoms with Gasteiger partial charge >= 0.3 is 0 Å². The highest BCUT2D eigenvalue weighted by molar-refractivity contribution is 7.86. The molecular weight excluding hydrogens is 402 g/mol. The van der Waals surface area contributed by atoms with Crippen molar-refractivity contribution in [3.63, 3.8) is 0 Å². The van der Waals surface area contributed by atoms with Crippen molar-refractivity contribution in [2.75, 3.05) is 6.26 Å². The van der Waals surface area contributed by atoms with Crippen molar-refractivity contribution in [2.24, 2.45) is 0 Å². The fraction of sp³-hybridized carbons (Fsp3) is 0.368. The first-order chi connectivity index (χ1) is 13.2. The predicted octanol–water partition coefficient (Wildman–Crippen LogP) is 3.27. The van der Waals surface area contributed by atoms with E-state index in [-0.39, 0.29) is 12.1 Å². The topological polar surface area (TPSA) is 82.7 Å². The van der Waals surface area contributed by atoms with Crippen molar-refractivity contribution in [1.29, 1.82) is 0 Å². The maximum atomic E-state index is 12.5. The summed E-state index contributed by atoms with van der Waals surface area (Å²) in [5, 5.41) is 0.614. The number of fused-ring (bicyclic) bond motifs is 1. The van der Waals surface area contributed by atoms with Gasteiger partial charge in [0.1, 0.15) is 0 Å². The molecule has 150 valence electrons. The molecule has 0 saturated heterocycles. The van der Waals surface area contributed by atoms with Crippen LogP contribution < -0.4 is 5.56 Å². The Balaban J connectivity index is 2.08. The average Bonchev–Trinajstić information content (AvgIpc) is 3.04. The normalized spacial score (nSPS) is 13.1. The van der Waals surface area contributed by atoms with E-state index < -0.39 is 16.2 Å². The molecule has 0 aliphatic carbocycles. The second kappa shape index (κ2) is 8.06. The molecule has 0 aliphatic rings. The van der Waals surface area contributed by atoms with E-state index in [1.54, 1.807) is 25.3 Å². The molecule has 0 fully saturated rings. The maximum absolute atomic E-state index is 12.5. The standard InChI is InChI=1S/C19H22ClN3O4S/c1-4-5-16(27-28(3,25)26)11-22-13(2)10-18(24)23-12-17(21-19(22)23)14-6-8-15(20)9-7-14/h6-10,12,16H,4-5,11H2,1-3H3. The molecule has 0 bridgehead atoms. The van der Waals surface area contributed by atoms with Crippen molar-refractivity contribution in [2.45, 2.75) is 39.3 Å². The highest BCUT2D eigenvalue weighted by Gasteiger charge is 2.19. The molecule has 0 radical (unpaired) electrons. The van der Waals surface area contributed by atoms with Gasteiger partial charge in [-0.25, -0.2) is 4.98 Å². The lowest BCUT2D eigenvalue weighted by Gasteiger charge is -2.19. The zero-order valence-electron chi connectivity index (χ0n) is 15.9. The first-order valence-electron chi connectivity index (χ1n) is 8.91. The van der Waals surface area contributed by atoms with Gasteiger partial charge in [0.2, 0.25) is 5.78 Å². The molecule has 0 saturated carbocycles. The van der Waals surface area contributed by atoms with Crippen LogP contribution in [0.3, 0.4) is 0 Å². The maximum Gasteiger partial charge on any atom is 0.264 e. The third-order valence-electron chi connectivity index (χ3n) is 4.37. The molecule has 7 nitrogen and oxygen atoms in total. The number of hydrogen-bond acceptors (Lipinski definition) is 5. The van der Waals surface area contributed by atoms with Gasteiger partial charge in [0.15, 0.2) is 0 Å². The van der Waals surface area contributed by atoms with Crippen LogP contribution in [0.4, 0.5) is 0 Å². The smallest absolute Gasteiger partial charge is 0.264 e. The predicted molar refractivity (Wildman–Crippen MR) is 109 cm³/mol. The minimum Gasteiger partial charge on any atom is -0.313 e. The van der Waals surface area contributed by atoms with Gasteiger partial charge in [-0.05, 0) is 25.5 Å². The SMILES string of the molecule is CCCC(Cn1c(C)cc(=O)n2cc(-c3ccc(Cl)cc3)nc12)OS(C)(=O)=O. The Labute approximate surface area is 168 Å². The number of aryl methyl sites for hydroxylation is 1. The molecule has 9 heteroatoms. The molecular formula is C19H22ClN3O4S. The van der Waals surface area contributed by atoms with Crippen LogP contribution in [0.2, 0.25) is 5.02 Å². The van der Waals surface area contributed by atoms with Crippen LogP contribution in [0, 0.1) is 6.92 Å². The van der Waals surface area contributed by atoms with Gasteiger partial charge in [0.25, 0.3) is 15.7 Å². The van der Waals surface area contributed by atoms with E-state index in [0.29, 0.717) is 28.6 Å². The molecule has 0 aliphatic heterocycles. The van der Waals surface area contributed by atoms with E-state index >= 15 is 0 Å². The summed E-state index contributed by atoms with van der Waals surface area (Å²) in [5.41, 5.74) is 1.94. The summed E-state index contributed by atoms with van der Waals surface area (Å²) in [6.07, 6.45) is 3.50. The van der Waals surface area contributed by atoms with Gasteiger partial charge in [-0.15, -0.1) is 0 Å². The summed E-state index contributed by atoms with van der Waals surface area (Å²) in [4.78, 5) is 17.1. The average molecular weight is 424 g/mol. The second-order valence-corrected chi connectivity index (χ2v) is 8.79. The van der Waals surface area contributed by atoms with Crippen LogP contribution in [-0.4, -0.2) is 34.7 Å². The fourth-order valence-electron chi connectivity index (χ4n) is 3.13. The Hall–Kier alpha value is -2.16. The highest BCUT2D eigenvalue weighted by Crippen LogP contribution is 2.22. The van der Waals surface area contributed by atoms with Crippen molar-refractivity contribution in [1.82, 2.24) is 14.0 Å². The molecule has 0 N–H and O–H groups in total. The molecule has 1 unspecified atom stereocenters. The second-order valence-electron chi connectivity index (χ2n) is 6.75. The van der Waals surface area contributed by atoms with Gasteiger partial charge < -0.3 is 4.57 Å². The quantitative estimate of drug-likeness (QED) is 0.544. The van der Waals surface area contributed by atoms with Crippen LogP contribution in [0.25, 0.3) is 17.0 Å². The third-order valence-corrected chi connectivity index (χ3v) is 5.25. The minimum absolute atomic E-state index is 0.201. The molecule has 2 heterocycles. The largest absolute Gasteiger partial charge is 0.313 e. The number of benzene rings is 1. The molecule has 1 atom stereocenters. The monoisotopic (exact) mass is 423 g/mol. The van der Waals surface area contributed by atoms with Gasteiger partial charge in [-0.1, -0.05) is 37.1 Å². The van der Waals surface area contributed by atoms with Crippen molar-refractivity contribution in [3.05, 3.63) is 57.6 Å². The number of halogens is 1. The van der Waals surface area contributed by atoms with E-state index in [1.165, 1.54) is 10.5 Å². The first-order valence-corrected chi connectivity index (χ1v) is 11.1. The van der Waals surface area contributed by atoms with Gasteiger partial charge in [-0.2, -0.15) is 8.42 Å². The van der Waals surface area contributed by atoms with Crippen LogP contribution >= 0.6 is 11.6 Å². The third kappa shape index (κ3) is 4.63. The molecule has 0 spiro atoms. The van der Waals surface area contributed by atoms with Crippen molar-refractivity contribution >= 4 is 27.5 Å². The summed E-state index contributed by atoms with van der Waals surface area (Å²) in [6, 6.07) is 8.69. The van der Waals surface area contributed by atoms with Crippen LogP contribution in [0.5, 0.6) is 0 Å². The van der Waals surface area contributed by atoms with E-state index in [2.05, 4.69) is 4.98 Å². The summed E-state index contributed by atoms with van der Waals surface area (Å²) in [6.45, 7) is 4.02. The summed E-state index contributed by atoms with van der Waals surface area (Å²) < 4.78 is 31.7. The Morgan fingerprint density at radius 2 is 1.93 bits per heavy atom. The summed E-state index contributed by atoms with van der Waals surface area (Å²) in [7, 11) is -3.60. The highest BCUT2D eigenvalue weighted by atomic mass is 35.5.